The van der Waals surface area contributed by atoms with Gasteiger partial charge in [0, 0.05) is 22.5 Å². The molecule has 2 atom stereocenters. The maximum absolute atomic E-state index is 5.79. The van der Waals surface area contributed by atoms with E-state index >= 15 is 0 Å². The van der Waals surface area contributed by atoms with E-state index in [1.807, 2.05) is 23.9 Å². The summed E-state index contributed by atoms with van der Waals surface area (Å²) in [5.41, 5.74) is 1.31. The number of benzene rings is 2. The third-order valence-corrected chi connectivity index (χ3v) is 5.22. The zero-order chi connectivity index (χ0) is 15.9. The molecule has 0 aliphatic carbocycles. The molecule has 23 heavy (non-hydrogen) atoms. The minimum absolute atomic E-state index is 0.272. The van der Waals surface area contributed by atoms with Crippen LogP contribution in [0.1, 0.15) is 5.56 Å². The molecule has 1 aliphatic heterocycles. The van der Waals surface area contributed by atoms with Gasteiger partial charge in [-0.25, -0.2) is 0 Å². The van der Waals surface area contributed by atoms with Crippen LogP contribution in [0.15, 0.2) is 70.7 Å². The van der Waals surface area contributed by atoms with Gasteiger partial charge in [-0.15, -0.1) is 11.8 Å². The van der Waals surface area contributed by atoms with Gasteiger partial charge in [-0.05, 0) is 24.1 Å². The van der Waals surface area contributed by atoms with E-state index in [0.29, 0.717) is 12.5 Å². The third kappa shape index (κ3) is 4.29. The Morgan fingerprint density at radius 2 is 1.78 bits per heavy atom. The molecule has 0 unspecified atom stereocenters. The molecule has 1 fully saturated rings. The van der Waals surface area contributed by atoms with Crippen molar-refractivity contribution in [1.82, 2.24) is 0 Å². The topological polar surface area (TPSA) is 30.8 Å². The van der Waals surface area contributed by atoms with Gasteiger partial charge < -0.3 is 9.57 Å². The lowest BCUT2D eigenvalue weighted by atomic mass is 9.90. The highest BCUT2D eigenvalue weighted by molar-refractivity contribution is 7.99. The van der Waals surface area contributed by atoms with Crippen molar-refractivity contribution < 1.29 is 9.57 Å². The Hall–Kier alpha value is -1.94. The van der Waals surface area contributed by atoms with E-state index in [1.165, 1.54) is 10.5 Å². The predicted octanol–water partition coefficient (Wildman–Crippen LogP) is 4.24. The molecule has 0 amide bonds. The standard InChI is InChI=1S/C19H21NO2S/c1-21-20-19-18(12-15-8-4-2-5-9-15)16(13-22-19)14-23-17-10-6-3-7-11-17/h2-11,16,18H,12-14H2,1H3/b20-19-/t16-,18+/m0/s1. The van der Waals surface area contributed by atoms with E-state index in [9.17, 15) is 0 Å². The second-order valence-electron chi connectivity index (χ2n) is 5.60. The summed E-state index contributed by atoms with van der Waals surface area (Å²) < 4.78 is 5.79. The number of oxime groups is 1. The van der Waals surface area contributed by atoms with Gasteiger partial charge in [0.25, 0.3) is 0 Å². The highest BCUT2D eigenvalue weighted by Gasteiger charge is 2.35. The van der Waals surface area contributed by atoms with Crippen LogP contribution in [0.5, 0.6) is 0 Å². The SMILES string of the molecule is CO/N=C1\OC[C@@H](CSc2ccccc2)[C@H]1Cc1ccccc1. The highest BCUT2D eigenvalue weighted by atomic mass is 32.2. The molecule has 0 spiro atoms. The average molecular weight is 327 g/mol. The van der Waals surface area contributed by atoms with E-state index in [4.69, 9.17) is 9.57 Å². The number of thioether (sulfide) groups is 1. The van der Waals surface area contributed by atoms with Gasteiger partial charge in [0.2, 0.25) is 5.90 Å². The fourth-order valence-corrected chi connectivity index (χ4v) is 3.89. The largest absolute Gasteiger partial charge is 0.478 e. The third-order valence-electron chi connectivity index (χ3n) is 4.02. The van der Waals surface area contributed by atoms with Crippen LogP contribution in [-0.2, 0) is 16.0 Å². The minimum Gasteiger partial charge on any atom is -0.478 e. The minimum atomic E-state index is 0.272. The second kappa shape index (κ2) is 8.06. The average Bonchev–Trinajstić information content (AvgIpc) is 2.97. The molecule has 0 N–H and O–H groups in total. The molecule has 2 aromatic carbocycles. The lowest BCUT2D eigenvalue weighted by Crippen LogP contribution is -2.21. The van der Waals surface area contributed by atoms with Crippen LogP contribution in [0.25, 0.3) is 0 Å². The van der Waals surface area contributed by atoms with Crippen molar-refractivity contribution in [2.45, 2.75) is 11.3 Å². The monoisotopic (exact) mass is 327 g/mol. The summed E-state index contributed by atoms with van der Waals surface area (Å²) in [6, 6.07) is 21.0. The van der Waals surface area contributed by atoms with Gasteiger partial charge in [0.15, 0.2) is 0 Å². The predicted molar refractivity (Wildman–Crippen MR) is 94.7 cm³/mol. The molecular formula is C19H21NO2S. The number of rotatable bonds is 6. The zero-order valence-corrected chi connectivity index (χ0v) is 14.0. The first-order valence-electron chi connectivity index (χ1n) is 7.82. The Balaban J connectivity index is 1.69. The molecule has 0 bridgehead atoms. The smallest absolute Gasteiger partial charge is 0.229 e. The number of ether oxygens (including phenoxy) is 1. The van der Waals surface area contributed by atoms with E-state index < -0.39 is 0 Å². The van der Waals surface area contributed by atoms with Crippen LogP contribution in [-0.4, -0.2) is 25.4 Å². The maximum atomic E-state index is 5.79. The summed E-state index contributed by atoms with van der Waals surface area (Å²) in [7, 11) is 1.57. The number of hydrogen-bond donors (Lipinski definition) is 0. The first-order valence-corrected chi connectivity index (χ1v) is 8.81. The van der Waals surface area contributed by atoms with Gasteiger partial charge in [-0.2, -0.15) is 0 Å². The Morgan fingerprint density at radius 3 is 2.48 bits per heavy atom. The molecule has 1 heterocycles. The Labute approximate surface area is 141 Å². The summed E-state index contributed by atoms with van der Waals surface area (Å²) in [4.78, 5) is 6.26. The van der Waals surface area contributed by atoms with Gasteiger partial charge in [0.1, 0.15) is 7.11 Å². The van der Waals surface area contributed by atoms with Crippen molar-refractivity contribution in [1.29, 1.82) is 0 Å². The lowest BCUT2D eigenvalue weighted by Gasteiger charge is -2.16. The number of hydrogen-bond acceptors (Lipinski definition) is 4. The molecule has 2 aromatic rings. The van der Waals surface area contributed by atoms with Crippen molar-refractivity contribution in [3.8, 4) is 0 Å². The van der Waals surface area contributed by atoms with Crippen molar-refractivity contribution in [3.63, 3.8) is 0 Å². The molecule has 3 rings (SSSR count). The van der Waals surface area contributed by atoms with E-state index in [2.05, 4.69) is 53.7 Å². The van der Waals surface area contributed by atoms with Gasteiger partial charge in [-0.3, -0.25) is 0 Å². The molecule has 3 nitrogen and oxygen atoms in total. The van der Waals surface area contributed by atoms with Crippen LogP contribution >= 0.6 is 11.8 Å². The molecule has 0 saturated carbocycles. The summed E-state index contributed by atoms with van der Waals surface area (Å²) in [5.74, 6) is 2.46. The van der Waals surface area contributed by atoms with E-state index in [0.717, 1.165) is 18.1 Å². The quantitative estimate of drug-likeness (QED) is 0.587. The first-order chi connectivity index (χ1) is 11.4. The van der Waals surface area contributed by atoms with E-state index in [1.54, 1.807) is 7.11 Å². The summed E-state index contributed by atoms with van der Waals surface area (Å²) in [5, 5.41) is 4.09. The Kier molecular flexibility index (Phi) is 5.59. The normalized spacial score (nSPS) is 22.0. The van der Waals surface area contributed by atoms with Gasteiger partial charge in [-0.1, -0.05) is 53.7 Å². The van der Waals surface area contributed by atoms with Crippen molar-refractivity contribution in [3.05, 3.63) is 66.2 Å². The van der Waals surface area contributed by atoms with Crippen LogP contribution in [0, 0.1) is 11.8 Å². The molecule has 1 aliphatic rings. The number of nitrogens with zero attached hydrogens (tertiary/aromatic N) is 1. The molecular weight excluding hydrogens is 306 g/mol. The molecule has 1 saturated heterocycles. The maximum Gasteiger partial charge on any atom is 0.229 e. The van der Waals surface area contributed by atoms with E-state index in [-0.39, 0.29) is 5.92 Å². The molecule has 4 heteroatoms. The summed E-state index contributed by atoms with van der Waals surface area (Å²) >= 11 is 1.88. The van der Waals surface area contributed by atoms with Crippen LogP contribution in [0.3, 0.4) is 0 Å². The van der Waals surface area contributed by atoms with Crippen molar-refractivity contribution >= 4 is 17.7 Å². The van der Waals surface area contributed by atoms with Crippen LogP contribution in [0.2, 0.25) is 0 Å². The van der Waals surface area contributed by atoms with Crippen LogP contribution < -0.4 is 0 Å². The Morgan fingerprint density at radius 1 is 1.09 bits per heavy atom. The molecule has 0 radical (unpaired) electrons. The fraction of sp³-hybridized carbons (Fsp3) is 0.316. The lowest BCUT2D eigenvalue weighted by molar-refractivity contribution is 0.195. The Bertz CT molecular complexity index is 630. The summed E-state index contributed by atoms with van der Waals surface area (Å²) in [6.45, 7) is 0.708. The van der Waals surface area contributed by atoms with Gasteiger partial charge in [0.05, 0.1) is 6.61 Å². The zero-order valence-electron chi connectivity index (χ0n) is 13.2. The fourth-order valence-electron chi connectivity index (χ4n) is 2.81. The molecule has 0 aromatic heterocycles. The second-order valence-corrected chi connectivity index (χ2v) is 6.70. The first kappa shape index (κ1) is 15.9. The van der Waals surface area contributed by atoms with Gasteiger partial charge >= 0.3 is 0 Å². The van der Waals surface area contributed by atoms with Crippen molar-refractivity contribution in [2.75, 3.05) is 19.5 Å². The van der Waals surface area contributed by atoms with Crippen molar-refractivity contribution in [2.24, 2.45) is 17.0 Å². The summed E-state index contributed by atoms with van der Waals surface area (Å²) in [6.07, 6.45) is 0.934. The highest BCUT2D eigenvalue weighted by Crippen LogP contribution is 2.32. The van der Waals surface area contributed by atoms with Crippen LogP contribution in [0.4, 0.5) is 0 Å². The molecule has 120 valence electrons.